The van der Waals surface area contributed by atoms with E-state index in [0.717, 1.165) is 0 Å². The van der Waals surface area contributed by atoms with Crippen LogP contribution >= 0.6 is 0 Å². The first-order valence-corrected chi connectivity index (χ1v) is 26.2. The molecule has 3 N–H and O–H groups in total. The number of alkyl carbamates (subject to hydrolysis) is 3. The van der Waals surface area contributed by atoms with E-state index in [4.69, 9.17) is 51.8 Å². The molecule has 0 aliphatic rings. The zero-order valence-corrected chi connectivity index (χ0v) is 49.4. The Morgan fingerprint density at radius 1 is 0.481 bits per heavy atom. The number of aromatic nitrogens is 1. The number of nitrogens with zero attached hydrogens (tertiary/aromatic N) is 1. The first-order chi connectivity index (χ1) is 37.7. The van der Waals surface area contributed by atoms with Crippen molar-refractivity contribution >= 4 is 74.3 Å². The largest absolute Gasteiger partial charge is 0.493 e. The Balaban J connectivity index is 1.65. The van der Waals surface area contributed by atoms with Crippen LogP contribution in [0.25, 0.3) is 49.3 Å². The second-order valence-corrected chi connectivity index (χ2v) is 23.2. The van der Waals surface area contributed by atoms with E-state index in [0.29, 0.717) is 22.0 Å². The normalized spacial score (nSPS) is 13.2. The molecular formula is C59H74N4O18. The number of carbonyl (C=O) groups excluding carboxylic acids is 6. The molecule has 81 heavy (non-hydrogen) atoms. The summed E-state index contributed by atoms with van der Waals surface area (Å²) in [6.45, 7) is 25.5. The van der Waals surface area contributed by atoms with Gasteiger partial charge < -0.3 is 72.1 Å². The lowest BCUT2D eigenvalue weighted by molar-refractivity contribution is -0.138. The maximum Gasteiger partial charge on any atom is 0.408 e. The molecule has 22 heteroatoms. The number of ether oxygens (including phenoxy) is 10. The number of esters is 3. The van der Waals surface area contributed by atoms with Gasteiger partial charge in [0.15, 0.2) is 34.5 Å². The van der Waals surface area contributed by atoms with Gasteiger partial charge in [-0.1, -0.05) is 47.6 Å². The van der Waals surface area contributed by atoms with Crippen LogP contribution in [-0.4, -0.2) is 104 Å². The molecule has 0 unspecified atom stereocenters. The maximum absolute atomic E-state index is 14.8. The van der Waals surface area contributed by atoms with Crippen molar-refractivity contribution in [3.8, 4) is 51.4 Å². The summed E-state index contributed by atoms with van der Waals surface area (Å²) >= 11 is 0. The Labute approximate surface area is 469 Å². The lowest BCUT2D eigenvalue weighted by atomic mass is 9.97. The molecule has 0 spiro atoms. The Morgan fingerprint density at radius 3 is 1.37 bits per heavy atom. The van der Waals surface area contributed by atoms with Gasteiger partial charge in [0.2, 0.25) is 5.75 Å². The summed E-state index contributed by atoms with van der Waals surface area (Å²) in [5.74, 6) is -4.02. The molecule has 3 aromatic carbocycles. The van der Waals surface area contributed by atoms with E-state index in [1.807, 2.05) is 0 Å². The van der Waals surface area contributed by atoms with Crippen molar-refractivity contribution in [2.24, 2.45) is 17.8 Å². The van der Waals surface area contributed by atoms with Crippen LogP contribution in [0.5, 0.6) is 40.2 Å². The van der Waals surface area contributed by atoms with E-state index in [1.165, 1.54) is 46.6 Å². The molecule has 3 heterocycles. The van der Waals surface area contributed by atoms with E-state index in [9.17, 15) is 33.6 Å². The quantitative estimate of drug-likeness (QED) is 0.0332. The van der Waals surface area contributed by atoms with E-state index >= 15 is 0 Å². The Hall–Kier alpha value is -8.43. The molecule has 3 atom stereocenters. The highest BCUT2D eigenvalue weighted by atomic mass is 16.6. The minimum absolute atomic E-state index is 0.0138. The van der Waals surface area contributed by atoms with E-state index < -0.39 is 94.5 Å². The minimum Gasteiger partial charge on any atom is -0.493 e. The van der Waals surface area contributed by atoms with Crippen molar-refractivity contribution in [2.45, 2.75) is 139 Å². The molecule has 3 aromatic heterocycles. The van der Waals surface area contributed by atoms with Crippen LogP contribution in [0.2, 0.25) is 0 Å². The van der Waals surface area contributed by atoms with Gasteiger partial charge >= 0.3 is 41.8 Å². The zero-order chi connectivity index (χ0) is 60.4. The molecule has 6 rings (SSSR count). The number of pyridine rings is 1. The second kappa shape index (κ2) is 24.1. The van der Waals surface area contributed by atoms with Gasteiger partial charge in [-0.05, 0) is 116 Å². The second-order valence-electron chi connectivity index (χ2n) is 23.2. The van der Waals surface area contributed by atoms with Gasteiger partial charge in [0.05, 0.1) is 34.0 Å². The number of amides is 3. The molecule has 3 amide bonds. The van der Waals surface area contributed by atoms with Gasteiger partial charge in [-0.15, -0.1) is 0 Å². The maximum atomic E-state index is 14.8. The highest BCUT2D eigenvalue weighted by Crippen LogP contribution is 2.50. The van der Waals surface area contributed by atoms with Crippen LogP contribution in [0.3, 0.4) is 0 Å². The van der Waals surface area contributed by atoms with Crippen molar-refractivity contribution in [3.63, 3.8) is 0 Å². The molecule has 0 bridgehead atoms. The third kappa shape index (κ3) is 14.1. The first-order valence-electron chi connectivity index (χ1n) is 26.2. The number of carbonyl (C=O) groups is 6. The lowest BCUT2D eigenvalue weighted by Gasteiger charge is -2.25. The van der Waals surface area contributed by atoms with Gasteiger partial charge in [0.25, 0.3) is 0 Å². The summed E-state index contributed by atoms with van der Waals surface area (Å²) in [6, 6.07) is 7.24. The Bertz CT molecular complexity index is 3460. The number of nitrogens with one attached hydrogen (secondary N) is 3. The summed E-state index contributed by atoms with van der Waals surface area (Å²) in [6.07, 6.45) is -0.934. The lowest BCUT2D eigenvalue weighted by Crippen LogP contribution is -2.48. The van der Waals surface area contributed by atoms with Gasteiger partial charge in [0.1, 0.15) is 46.0 Å². The molecule has 0 radical (unpaired) electrons. The number of benzene rings is 3. The highest BCUT2D eigenvalue weighted by molar-refractivity contribution is 6.22. The van der Waals surface area contributed by atoms with Crippen LogP contribution in [0.4, 0.5) is 14.4 Å². The summed E-state index contributed by atoms with van der Waals surface area (Å²) in [4.78, 5) is 95.7. The van der Waals surface area contributed by atoms with Gasteiger partial charge in [0, 0.05) is 39.4 Å². The monoisotopic (exact) mass is 1130 g/mol. The number of hydrogen-bond acceptors (Lipinski definition) is 18. The average Bonchev–Trinajstić information content (AvgIpc) is 3.83. The molecule has 0 aliphatic carbocycles. The highest BCUT2D eigenvalue weighted by Gasteiger charge is 2.35. The molecule has 6 aromatic rings. The third-order valence-corrected chi connectivity index (χ3v) is 12.3. The molecule has 0 fully saturated rings. The predicted molar refractivity (Wildman–Crippen MR) is 301 cm³/mol. The van der Waals surface area contributed by atoms with Crippen molar-refractivity contribution in [3.05, 3.63) is 59.1 Å². The van der Waals surface area contributed by atoms with Crippen molar-refractivity contribution < 1.29 is 80.6 Å². The molecule has 438 valence electrons. The fourth-order valence-corrected chi connectivity index (χ4v) is 8.75. The standard InChI is InChI=1S/C59H74N4O18/c1-28(2)43(60-54(68)79-57(7,8)9)50(64)75-35-21-20-31(24-37(35)71-16)41-42-34-26-38(72-17)39(77-51(65)44(29(3)4)61-55(69)80-58(10,11)12)27-36(34)76-53(67)47(42)63-23-22-32-33(46(41)63)25-40(73-18)49(74-19)48(32)78-52(66)45(30(5)6)62-56(70)81-59(13,14)15/h20-30,43-45H,1-19H3,(H,60,68)(H,61,69)(H,62,70)/t43-,44-,45-/m1/s1. The van der Waals surface area contributed by atoms with Crippen LogP contribution in [0, 0.1) is 17.8 Å². The van der Waals surface area contributed by atoms with Gasteiger partial charge in [-0.25, -0.2) is 33.6 Å². The minimum atomic E-state index is -1.21. The first kappa shape index (κ1) is 61.8. The van der Waals surface area contributed by atoms with Crippen LogP contribution in [0.15, 0.2) is 57.9 Å². The molecular weight excluding hydrogens is 1050 g/mol. The molecule has 0 saturated carbocycles. The average molecular weight is 1130 g/mol. The van der Waals surface area contributed by atoms with Crippen LogP contribution in [-0.2, 0) is 28.6 Å². The molecule has 22 nitrogen and oxygen atoms in total. The van der Waals surface area contributed by atoms with E-state index in [-0.39, 0.29) is 67.5 Å². The van der Waals surface area contributed by atoms with Crippen molar-refractivity contribution in [1.82, 2.24) is 20.4 Å². The van der Waals surface area contributed by atoms with Crippen LogP contribution < -0.4 is 54.7 Å². The summed E-state index contributed by atoms with van der Waals surface area (Å²) < 4.78 is 65.5. The SMILES string of the molecule is COc1cc(-c2c3c4cc(OC)c(OC(=O)[C@H](NC(=O)OC(C)(C)C)C(C)C)cc4oc(=O)c3n3ccc4c(OC(=O)[C@H](NC(=O)OC(C)(C)C)C(C)C)c(OC)c(OC)cc4c23)ccc1OC(=O)[C@H](NC(=O)OC(C)(C)C)C(C)C. The Kier molecular flexibility index (Phi) is 18.4. The number of methoxy groups -OCH3 is 4. The number of hydrogen-bond donors (Lipinski definition) is 3. The summed E-state index contributed by atoms with van der Waals surface area (Å²) in [5, 5.41) is 9.00. The Morgan fingerprint density at radius 2 is 0.926 bits per heavy atom. The van der Waals surface area contributed by atoms with Crippen molar-refractivity contribution in [2.75, 3.05) is 28.4 Å². The fraction of sp³-hybridized carbons (Fsp3) is 0.475. The predicted octanol–water partition coefficient (Wildman–Crippen LogP) is 10.4. The van der Waals surface area contributed by atoms with Crippen molar-refractivity contribution in [1.29, 1.82) is 0 Å². The topological polar surface area (TPSA) is 265 Å². The molecule has 0 aliphatic heterocycles. The van der Waals surface area contributed by atoms with E-state index in [1.54, 1.807) is 139 Å². The van der Waals surface area contributed by atoms with Gasteiger partial charge in [-0.2, -0.15) is 0 Å². The summed E-state index contributed by atoms with van der Waals surface area (Å²) in [5.41, 5.74) is -2.42. The van der Waals surface area contributed by atoms with Crippen LogP contribution in [0.1, 0.15) is 104 Å². The number of rotatable bonds is 17. The van der Waals surface area contributed by atoms with E-state index in [2.05, 4.69) is 16.0 Å². The van der Waals surface area contributed by atoms with Gasteiger partial charge in [-0.3, -0.25) is 0 Å². The zero-order valence-electron chi connectivity index (χ0n) is 49.4. The number of fused-ring (bicyclic) bond motifs is 7. The summed E-state index contributed by atoms with van der Waals surface area (Å²) in [7, 11) is 5.47. The third-order valence-electron chi connectivity index (χ3n) is 12.3. The molecule has 0 saturated heterocycles. The smallest absolute Gasteiger partial charge is 0.408 e. The fourth-order valence-electron chi connectivity index (χ4n) is 8.75.